The third kappa shape index (κ3) is 2.96. The molecular formula is C17H12O6. The Labute approximate surface area is 130 Å². The maximum Gasteiger partial charge on any atom is 0.343 e. The first kappa shape index (κ1) is 14.5. The van der Waals surface area contributed by atoms with Crippen LogP contribution < -0.4 is 0 Å². The first-order valence-corrected chi connectivity index (χ1v) is 6.63. The second-order valence-corrected chi connectivity index (χ2v) is 4.98. The van der Waals surface area contributed by atoms with Crippen LogP contribution in [0.4, 0.5) is 0 Å². The van der Waals surface area contributed by atoms with E-state index >= 15 is 0 Å². The van der Waals surface area contributed by atoms with Crippen LogP contribution >= 0.6 is 0 Å². The van der Waals surface area contributed by atoms with Gasteiger partial charge in [-0.15, -0.1) is 0 Å². The minimum Gasteiger partial charge on any atom is -0.508 e. The first-order chi connectivity index (χ1) is 10.9. The summed E-state index contributed by atoms with van der Waals surface area (Å²) in [6.45, 7) is 0. The molecule has 3 rings (SSSR count). The van der Waals surface area contributed by atoms with E-state index in [2.05, 4.69) is 0 Å². The van der Waals surface area contributed by atoms with E-state index in [-0.39, 0.29) is 34.3 Å². The lowest BCUT2D eigenvalue weighted by molar-refractivity contribution is -0.130. The lowest BCUT2D eigenvalue weighted by atomic mass is 10.1. The van der Waals surface area contributed by atoms with Gasteiger partial charge in [0.1, 0.15) is 17.3 Å². The standard InChI is InChI=1S/C17H12O6/c18-12-4-9(5-13(19)8-12)3-11-7-16(23-17(11)22)10-1-2-14(20)15(21)6-10/h1-8,18-21H. The summed E-state index contributed by atoms with van der Waals surface area (Å²) < 4.78 is 5.12. The van der Waals surface area contributed by atoms with Gasteiger partial charge >= 0.3 is 5.97 Å². The molecule has 0 fully saturated rings. The number of aromatic hydroxyl groups is 4. The van der Waals surface area contributed by atoms with Gasteiger partial charge in [0.15, 0.2) is 11.5 Å². The molecule has 0 atom stereocenters. The minimum absolute atomic E-state index is 0.129. The maximum absolute atomic E-state index is 11.9. The Kier molecular flexibility index (Phi) is 3.42. The predicted molar refractivity (Wildman–Crippen MR) is 81.6 cm³/mol. The number of ether oxygens (including phenoxy) is 1. The Morgan fingerprint density at radius 1 is 0.870 bits per heavy atom. The van der Waals surface area contributed by atoms with E-state index in [0.29, 0.717) is 11.1 Å². The van der Waals surface area contributed by atoms with Crippen molar-refractivity contribution in [1.29, 1.82) is 0 Å². The third-order valence-corrected chi connectivity index (χ3v) is 3.23. The fraction of sp³-hybridized carbons (Fsp3) is 0. The van der Waals surface area contributed by atoms with Crippen LogP contribution in [-0.4, -0.2) is 26.4 Å². The summed E-state index contributed by atoms with van der Waals surface area (Å²) in [6.07, 6.45) is 2.92. The molecule has 1 aliphatic rings. The average molecular weight is 312 g/mol. The second-order valence-electron chi connectivity index (χ2n) is 4.98. The summed E-state index contributed by atoms with van der Waals surface area (Å²) in [4.78, 5) is 11.9. The molecule has 0 amide bonds. The fourth-order valence-electron chi connectivity index (χ4n) is 2.19. The zero-order chi connectivity index (χ0) is 16.6. The number of carbonyl (C=O) groups excluding carboxylic acids is 1. The Morgan fingerprint density at radius 2 is 1.57 bits per heavy atom. The van der Waals surface area contributed by atoms with Crippen LogP contribution in [0.2, 0.25) is 0 Å². The van der Waals surface area contributed by atoms with Gasteiger partial charge in [-0.05, 0) is 48.0 Å². The van der Waals surface area contributed by atoms with E-state index in [9.17, 15) is 25.2 Å². The van der Waals surface area contributed by atoms with Crippen molar-refractivity contribution in [2.24, 2.45) is 0 Å². The quantitative estimate of drug-likeness (QED) is 0.385. The Morgan fingerprint density at radius 3 is 2.22 bits per heavy atom. The van der Waals surface area contributed by atoms with Crippen LogP contribution in [0.15, 0.2) is 48.0 Å². The number of benzene rings is 2. The number of cyclic esters (lactones) is 1. The molecule has 6 heteroatoms. The van der Waals surface area contributed by atoms with Gasteiger partial charge < -0.3 is 25.2 Å². The van der Waals surface area contributed by atoms with Crippen LogP contribution in [0, 0.1) is 0 Å². The highest BCUT2D eigenvalue weighted by Gasteiger charge is 2.22. The molecule has 0 spiro atoms. The highest BCUT2D eigenvalue weighted by atomic mass is 16.5. The molecule has 0 bridgehead atoms. The van der Waals surface area contributed by atoms with Gasteiger partial charge in [-0.3, -0.25) is 0 Å². The number of rotatable bonds is 2. The Hall–Kier alpha value is -3.41. The summed E-state index contributed by atoms with van der Waals surface area (Å²) in [5, 5.41) is 37.7. The van der Waals surface area contributed by atoms with Gasteiger partial charge in [0, 0.05) is 11.6 Å². The Bertz CT molecular complexity index is 843. The van der Waals surface area contributed by atoms with Crippen molar-refractivity contribution in [1.82, 2.24) is 0 Å². The minimum atomic E-state index is -0.601. The zero-order valence-corrected chi connectivity index (χ0v) is 11.7. The van der Waals surface area contributed by atoms with Gasteiger partial charge in [-0.25, -0.2) is 4.79 Å². The summed E-state index contributed by atoms with van der Waals surface area (Å²) >= 11 is 0. The van der Waals surface area contributed by atoms with E-state index in [1.807, 2.05) is 0 Å². The number of esters is 1. The highest BCUT2D eigenvalue weighted by molar-refractivity contribution is 6.05. The van der Waals surface area contributed by atoms with Crippen LogP contribution in [0.5, 0.6) is 23.0 Å². The smallest absolute Gasteiger partial charge is 0.343 e. The molecule has 0 aromatic heterocycles. The lowest BCUT2D eigenvalue weighted by Gasteiger charge is -2.03. The molecule has 6 nitrogen and oxygen atoms in total. The predicted octanol–water partition coefficient (Wildman–Crippen LogP) is 2.49. The molecule has 0 saturated carbocycles. The molecule has 1 heterocycles. The molecular weight excluding hydrogens is 300 g/mol. The monoisotopic (exact) mass is 312 g/mol. The van der Waals surface area contributed by atoms with Crippen LogP contribution in [0.3, 0.4) is 0 Å². The van der Waals surface area contributed by atoms with E-state index in [1.54, 1.807) is 0 Å². The van der Waals surface area contributed by atoms with Crippen molar-refractivity contribution in [2.75, 3.05) is 0 Å². The summed E-state index contributed by atoms with van der Waals surface area (Å²) in [5.74, 6) is -1.23. The largest absolute Gasteiger partial charge is 0.508 e. The SMILES string of the molecule is O=C1OC(c2ccc(O)c(O)c2)=CC1=Cc1cc(O)cc(O)c1. The van der Waals surface area contributed by atoms with Crippen molar-refractivity contribution >= 4 is 17.8 Å². The molecule has 0 radical (unpaired) electrons. The first-order valence-electron chi connectivity index (χ1n) is 6.63. The molecule has 2 aromatic carbocycles. The topological polar surface area (TPSA) is 107 Å². The van der Waals surface area contributed by atoms with Crippen LogP contribution in [0.1, 0.15) is 11.1 Å². The maximum atomic E-state index is 11.9. The van der Waals surface area contributed by atoms with Crippen molar-refractivity contribution < 1.29 is 30.0 Å². The van der Waals surface area contributed by atoms with Gasteiger partial charge in [-0.1, -0.05) is 0 Å². The van der Waals surface area contributed by atoms with E-state index < -0.39 is 5.97 Å². The van der Waals surface area contributed by atoms with Gasteiger partial charge in [0.25, 0.3) is 0 Å². The zero-order valence-electron chi connectivity index (χ0n) is 11.7. The summed E-state index contributed by atoms with van der Waals surface area (Å²) in [7, 11) is 0. The van der Waals surface area contributed by atoms with Gasteiger partial charge in [0.2, 0.25) is 0 Å². The molecule has 0 unspecified atom stereocenters. The van der Waals surface area contributed by atoms with Crippen LogP contribution in [0.25, 0.3) is 11.8 Å². The molecule has 116 valence electrons. The third-order valence-electron chi connectivity index (χ3n) is 3.23. The number of carbonyl (C=O) groups is 1. The normalized spacial score (nSPS) is 15.6. The molecule has 1 aliphatic heterocycles. The number of hydrogen-bond donors (Lipinski definition) is 4. The molecule has 23 heavy (non-hydrogen) atoms. The summed E-state index contributed by atoms with van der Waals surface area (Å²) in [6, 6.07) is 8.01. The van der Waals surface area contributed by atoms with E-state index in [0.717, 1.165) is 0 Å². The van der Waals surface area contributed by atoms with Crippen molar-refractivity contribution in [3.05, 3.63) is 59.2 Å². The number of hydrogen-bond acceptors (Lipinski definition) is 6. The van der Waals surface area contributed by atoms with Gasteiger partial charge in [-0.2, -0.15) is 0 Å². The van der Waals surface area contributed by atoms with E-state index in [1.165, 1.54) is 48.6 Å². The fourth-order valence-corrected chi connectivity index (χ4v) is 2.19. The molecule has 4 N–H and O–H groups in total. The van der Waals surface area contributed by atoms with Crippen LogP contribution in [-0.2, 0) is 9.53 Å². The summed E-state index contributed by atoms with van der Waals surface area (Å²) in [5.41, 5.74) is 1.08. The number of phenolic OH excluding ortho intramolecular Hbond substituents is 4. The lowest BCUT2D eigenvalue weighted by Crippen LogP contribution is -1.97. The number of phenols is 4. The van der Waals surface area contributed by atoms with Gasteiger partial charge in [0.05, 0.1) is 5.57 Å². The Balaban J connectivity index is 1.97. The van der Waals surface area contributed by atoms with E-state index in [4.69, 9.17) is 4.74 Å². The van der Waals surface area contributed by atoms with Crippen molar-refractivity contribution in [3.63, 3.8) is 0 Å². The van der Waals surface area contributed by atoms with Crippen molar-refractivity contribution in [3.8, 4) is 23.0 Å². The highest BCUT2D eigenvalue weighted by Crippen LogP contribution is 2.33. The van der Waals surface area contributed by atoms with Crippen molar-refractivity contribution in [2.45, 2.75) is 0 Å². The average Bonchev–Trinajstić information content (AvgIpc) is 2.82. The molecule has 0 aliphatic carbocycles. The molecule has 2 aromatic rings. The molecule has 0 saturated heterocycles. The second kappa shape index (κ2) is 5.42.